The Kier molecular flexibility index (Phi) is 6.65. The summed E-state index contributed by atoms with van der Waals surface area (Å²) in [7, 11) is 0. The molecule has 0 saturated carbocycles. The maximum Gasteiger partial charge on any atom is 0.237 e. The van der Waals surface area contributed by atoms with Crippen molar-refractivity contribution in [2.75, 3.05) is 0 Å². The molecule has 0 spiro atoms. The molecule has 0 aliphatic rings. The van der Waals surface area contributed by atoms with Gasteiger partial charge in [0.15, 0.2) is 0 Å². The van der Waals surface area contributed by atoms with E-state index in [1.54, 1.807) is 0 Å². The lowest BCUT2D eigenvalue weighted by Gasteiger charge is -2.13. The lowest BCUT2D eigenvalue weighted by molar-refractivity contribution is -0.123. The van der Waals surface area contributed by atoms with Crippen LogP contribution in [0, 0.1) is 0 Å². The number of nitrogens with two attached hydrogens (primary N) is 2. The molecular weight excluding hydrogens is 290 g/mol. The molecule has 1 atom stereocenters. The minimum absolute atomic E-state index is 0.101. The summed E-state index contributed by atoms with van der Waals surface area (Å²) in [5.74, 6) is -0.419. The average molecular weight is 312 g/mol. The first-order valence-electron chi connectivity index (χ1n) is 6.91. The van der Waals surface area contributed by atoms with Crippen LogP contribution < -0.4 is 16.8 Å². The Hall–Kier alpha value is -1.59. The predicted molar refractivity (Wildman–Crippen MR) is 83.8 cm³/mol. The number of halogens is 1. The van der Waals surface area contributed by atoms with E-state index < -0.39 is 11.9 Å². The molecule has 0 aromatic heterocycles. The molecule has 1 aromatic carbocycles. The molecular formula is C15H22ClN3O2. The third kappa shape index (κ3) is 5.73. The zero-order valence-electron chi connectivity index (χ0n) is 12.4. The molecule has 0 radical (unpaired) electrons. The fourth-order valence-electron chi connectivity index (χ4n) is 1.90. The third-order valence-corrected chi connectivity index (χ3v) is 3.52. The van der Waals surface area contributed by atoms with E-state index in [1.807, 2.05) is 18.2 Å². The van der Waals surface area contributed by atoms with Gasteiger partial charge in [-0.15, -0.1) is 0 Å². The predicted octanol–water partition coefficient (Wildman–Crippen LogP) is 1.67. The van der Waals surface area contributed by atoms with E-state index in [-0.39, 0.29) is 18.7 Å². The van der Waals surface area contributed by atoms with E-state index in [0.29, 0.717) is 17.5 Å². The van der Waals surface area contributed by atoms with Gasteiger partial charge in [0.25, 0.3) is 0 Å². The van der Waals surface area contributed by atoms with Crippen molar-refractivity contribution in [1.29, 1.82) is 0 Å². The third-order valence-electron chi connectivity index (χ3n) is 3.19. The van der Waals surface area contributed by atoms with Gasteiger partial charge in [0.1, 0.15) is 0 Å². The normalized spacial score (nSPS) is 12.2. The fourth-order valence-corrected chi connectivity index (χ4v) is 2.32. The Bertz CT molecular complexity index is 518. The first kappa shape index (κ1) is 17.5. The maximum atomic E-state index is 11.8. The van der Waals surface area contributed by atoms with Crippen molar-refractivity contribution < 1.29 is 9.59 Å². The van der Waals surface area contributed by atoms with Gasteiger partial charge in [-0.05, 0) is 29.5 Å². The van der Waals surface area contributed by atoms with E-state index in [4.69, 9.17) is 23.1 Å². The molecule has 1 rings (SSSR count). The van der Waals surface area contributed by atoms with Gasteiger partial charge in [0, 0.05) is 18.0 Å². The van der Waals surface area contributed by atoms with Crippen LogP contribution in [-0.2, 0) is 16.1 Å². The minimum atomic E-state index is -0.733. The van der Waals surface area contributed by atoms with Crippen LogP contribution in [0.25, 0.3) is 0 Å². The molecule has 6 heteroatoms. The lowest BCUT2D eigenvalue weighted by Crippen LogP contribution is -2.40. The molecule has 1 aromatic rings. The molecule has 0 aliphatic carbocycles. The van der Waals surface area contributed by atoms with Gasteiger partial charge in [-0.2, -0.15) is 0 Å². The van der Waals surface area contributed by atoms with Gasteiger partial charge < -0.3 is 16.8 Å². The van der Waals surface area contributed by atoms with Gasteiger partial charge in [-0.25, -0.2) is 0 Å². The van der Waals surface area contributed by atoms with Crippen molar-refractivity contribution >= 4 is 23.4 Å². The number of hydrogen-bond donors (Lipinski definition) is 3. The Morgan fingerprint density at radius 2 is 2.00 bits per heavy atom. The van der Waals surface area contributed by atoms with Crippen LogP contribution in [0.1, 0.15) is 43.7 Å². The van der Waals surface area contributed by atoms with Crippen LogP contribution in [-0.4, -0.2) is 17.9 Å². The molecule has 0 saturated heterocycles. The monoisotopic (exact) mass is 311 g/mol. The Labute approximate surface area is 130 Å². The highest BCUT2D eigenvalue weighted by molar-refractivity contribution is 6.31. The van der Waals surface area contributed by atoms with Gasteiger partial charge in [-0.1, -0.05) is 37.6 Å². The van der Waals surface area contributed by atoms with Crippen molar-refractivity contribution in [3.63, 3.8) is 0 Å². The van der Waals surface area contributed by atoms with E-state index in [9.17, 15) is 9.59 Å². The minimum Gasteiger partial charge on any atom is -0.370 e. The fraction of sp³-hybridized carbons (Fsp3) is 0.467. The van der Waals surface area contributed by atoms with Crippen LogP contribution in [0.4, 0.5) is 0 Å². The summed E-state index contributed by atoms with van der Waals surface area (Å²) < 4.78 is 0. The summed E-state index contributed by atoms with van der Waals surface area (Å²) in [6, 6.07) is 4.99. The lowest BCUT2D eigenvalue weighted by atomic mass is 10.0. The number of primary amides is 1. The summed E-state index contributed by atoms with van der Waals surface area (Å²) in [5.41, 5.74) is 12.7. The number of benzene rings is 1. The second kappa shape index (κ2) is 8.00. The summed E-state index contributed by atoms with van der Waals surface area (Å²) >= 11 is 6.20. The number of carbonyl (C=O) groups is 2. The zero-order valence-corrected chi connectivity index (χ0v) is 13.1. The van der Waals surface area contributed by atoms with E-state index in [2.05, 4.69) is 19.2 Å². The second-order valence-corrected chi connectivity index (χ2v) is 5.75. The van der Waals surface area contributed by atoms with Crippen LogP contribution in [0.5, 0.6) is 0 Å². The summed E-state index contributed by atoms with van der Waals surface area (Å²) in [6.07, 6.45) is 0.345. The molecule has 0 fully saturated rings. The van der Waals surface area contributed by atoms with Gasteiger partial charge >= 0.3 is 0 Å². The molecule has 5 nitrogen and oxygen atoms in total. The van der Waals surface area contributed by atoms with Crippen LogP contribution in [0.15, 0.2) is 18.2 Å². The van der Waals surface area contributed by atoms with Crippen molar-refractivity contribution in [3.05, 3.63) is 34.3 Å². The van der Waals surface area contributed by atoms with E-state index in [0.717, 1.165) is 11.1 Å². The van der Waals surface area contributed by atoms with Gasteiger partial charge in [0.05, 0.1) is 6.04 Å². The maximum absolute atomic E-state index is 11.8. The van der Waals surface area contributed by atoms with Crippen molar-refractivity contribution in [2.45, 2.75) is 45.2 Å². The SMILES string of the molecule is CC(C)c1ccc(CNC(=O)C(N)CCC(N)=O)cc1Cl. The number of amides is 2. The van der Waals surface area contributed by atoms with Crippen LogP contribution >= 0.6 is 11.6 Å². The van der Waals surface area contributed by atoms with Gasteiger partial charge in [0.2, 0.25) is 11.8 Å². The smallest absolute Gasteiger partial charge is 0.237 e. The van der Waals surface area contributed by atoms with Crippen LogP contribution in [0.3, 0.4) is 0 Å². The number of rotatable bonds is 7. The Balaban J connectivity index is 2.53. The van der Waals surface area contributed by atoms with Crippen molar-refractivity contribution in [1.82, 2.24) is 5.32 Å². The number of carbonyl (C=O) groups excluding carboxylic acids is 2. The number of nitrogens with one attached hydrogen (secondary N) is 1. The molecule has 2 amide bonds. The highest BCUT2D eigenvalue weighted by Gasteiger charge is 2.14. The summed E-state index contributed by atoms with van der Waals surface area (Å²) in [4.78, 5) is 22.4. The molecule has 0 heterocycles. The summed E-state index contributed by atoms with van der Waals surface area (Å²) in [5, 5.41) is 3.41. The highest BCUT2D eigenvalue weighted by atomic mass is 35.5. The second-order valence-electron chi connectivity index (χ2n) is 5.34. The summed E-state index contributed by atoms with van der Waals surface area (Å²) in [6.45, 7) is 4.49. The van der Waals surface area contributed by atoms with Crippen LogP contribution in [0.2, 0.25) is 5.02 Å². The quantitative estimate of drug-likeness (QED) is 0.714. The molecule has 5 N–H and O–H groups in total. The first-order chi connectivity index (χ1) is 9.81. The molecule has 1 unspecified atom stereocenters. The zero-order chi connectivity index (χ0) is 16.0. The first-order valence-corrected chi connectivity index (χ1v) is 7.29. The Morgan fingerprint density at radius 1 is 1.33 bits per heavy atom. The Morgan fingerprint density at radius 3 is 2.52 bits per heavy atom. The molecule has 21 heavy (non-hydrogen) atoms. The van der Waals surface area contributed by atoms with Gasteiger partial charge in [-0.3, -0.25) is 9.59 Å². The highest BCUT2D eigenvalue weighted by Crippen LogP contribution is 2.25. The van der Waals surface area contributed by atoms with E-state index in [1.165, 1.54) is 0 Å². The number of hydrogen-bond acceptors (Lipinski definition) is 3. The largest absolute Gasteiger partial charge is 0.370 e. The molecule has 0 aliphatic heterocycles. The topological polar surface area (TPSA) is 98.2 Å². The standard InChI is InChI=1S/C15H22ClN3O2/c1-9(2)11-4-3-10(7-12(11)16)8-19-15(21)13(17)5-6-14(18)20/h3-4,7,9,13H,5-6,8,17H2,1-2H3,(H2,18,20)(H,19,21). The van der Waals surface area contributed by atoms with Crippen molar-refractivity contribution in [2.24, 2.45) is 11.5 Å². The molecule has 0 bridgehead atoms. The van der Waals surface area contributed by atoms with E-state index >= 15 is 0 Å². The molecule has 116 valence electrons. The van der Waals surface area contributed by atoms with Crippen molar-refractivity contribution in [3.8, 4) is 0 Å². The average Bonchev–Trinajstić information content (AvgIpc) is 2.41.